The Morgan fingerprint density at radius 2 is 2.62 bits per heavy atom. The lowest BCUT2D eigenvalue weighted by Crippen LogP contribution is -2.09. The second-order valence-corrected chi connectivity index (χ2v) is 2.63. The molecule has 0 fully saturated rings. The van der Waals surface area contributed by atoms with Crippen LogP contribution in [0.4, 0.5) is 0 Å². The summed E-state index contributed by atoms with van der Waals surface area (Å²) in [5, 5.41) is 0. The van der Waals surface area contributed by atoms with Crippen LogP contribution in [-0.2, 0) is 4.74 Å². The minimum atomic E-state index is 0.323. The molecule has 0 N–H and O–H groups in total. The van der Waals surface area contributed by atoms with Crippen LogP contribution in [0.15, 0.2) is 12.2 Å². The molecule has 1 rings (SSSR count). The number of rotatable bonds is 1. The SMILES string of the molecule is CSC1C=CCCO1. The van der Waals surface area contributed by atoms with Crippen molar-refractivity contribution in [3.63, 3.8) is 0 Å². The van der Waals surface area contributed by atoms with Gasteiger partial charge < -0.3 is 4.74 Å². The van der Waals surface area contributed by atoms with Crippen LogP contribution in [0, 0.1) is 0 Å². The summed E-state index contributed by atoms with van der Waals surface area (Å²) in [5.74, 6) is 0. The molecule has 1 aliphatic heterocycles. The molecule has 8 heavy (non-hydrogen) atoms. The van der Waals surface area contributed by atoms with Crippen molar-refractivity contribution in [2.45, 2.75) is 11.9 Å². The van der Waals surface area contributed by atoms with Gasteiger partial charge >= 0.3 is 0 Å². The normalized spacial score (nSPS) is 28.4. The highest BCUT2D eigenvalue weighted by Gasteiger charge is 2.03. The first-order chi connectivity index (χ1) is 3.93. The van der Waals surface area contributed by atoms with Crippen molar-refractivity contribution in [2.24, 2.45) is 0 Å². The molecule has 0 aromatic heterocycles. The summed E-state index contributed by atoms with van der Waals surface area (Å²) in [5.41, 5.74) is 0.323. The first-order valence-corrected chi connectivity index (χ1v) is 4.03. The lowest BCUT2D eigenvalue weighted by Gasteiger charge is -2.13. The molecule has 1 aliphatic rings. The fourth-order valence-corrected chi connectivity index (χ4v) is 1.16. The Balaban J connectivity index is 2.32. The number of ether oxygens (including phenoxy) is 1. The van der Waals surface area contributed by atoms with Crippen LogP contribution in [0.3, 0.4) is 0 Å². The van der Waals surface area contributed by atoms with Crippen LogP contribution in [0.5, 0.6) is 0 Å². The lowest BCUT2D eigenvalue weighted by atomic mass is 10.3. The van der Waals surface area contributed by atoms with Crippen molar-refractivity contribution in [3.8, 4) is 0 Å². The van der Waals surface area contributed by atoms with Crippen molar-refractivity contribution in [1.82, 2.24) is 0 Å². The molecule has 0 spiro atoms. The zero-order valence-electron chi connectivity index (χ0n) is 4.96. The van der Waals surface area contributed by atoms with Gasteiger partial charge in [-0.25, -0.2) is 0 Å². The molecule has 1 nitrogen and oxygen atoms in total. The maximum absolute atomic E-state index is 5.30. The Hall–Kier alpha value is 0.0500. The van der Waals surface area contributed by atoms with Gasteiger partial charge in [0.1, 0.15) is 5.44 Å². The van der Waals surface area contributed by atoms with Gasteiger partial charge in [0.05, 0.1) is 6.61 Å². The zero-order chi connectivity index (χ0) is 5.82. The average molecular weight is 130 g/mol. The average Bonchev–Trinajstić information content (AvgIpc) is 1.90. The Kier molecular flexibility index (Phi) is 2.43. The highest BCUT2D eigenvalue weighted by Crippen LogP contribution is 2.13. The third-order valence-electron chi connectivity index (χ3n) is 1.09. The molecule has 0 aromatic rings. The third-order valence-corrected chi connectivity index (χ3v) is 1.85. The van der Waals surface area contributed by atoms with Gasteiger partial charge in [0, 0.05) is 0 Å². The van der Waals surface area contributed by atoms with Gasteiger partial charge in [-0.2, -0.15) is 0 Å². The molecular formula is C6H10OS. The first-order valence-electron chi connectivity index (χ1n) is 2.74. The van der Waals surface area contributed by atoms with Crippen molar-refractivity contribution < 1.29 is 4.74 Å². The van der Waals surface area contributed by atoms with Crippen molar-refractivity contribution in [3.05, 3.63) is 12.2 Å². The molecule has 46 valence electrons. The number of hydrogen-bond acceptors (Lipinski definition) is 2. The van der Waals surface area contributed by atoms with Gasteiger partial charge in [0.15, 0.2) is 0 Å². The molecule has 0 aliphatic carbocycles. The van der Waals surface area contributed by atoms with E-state index in [1.165, 1.54) is 0 Å². The van der Waals surface area contributed by atoms with Crippen LogP contribution in [0.2, 0.25) is 0 Å². The number of thioether (sulfide) groups is 1. The fourth-order valence-electron chi connectivity index (χ4n) is 0.662. The first kappa shape index (κ1) is 6.17. The summed E-state index contributed by atoms with van der Waals surface area (Å²) in [7, 11) is 0. The molecule has 0 saturated carbocycles. The van der Waals surface area contributed by atoms with Gasteiger partial charge in [0.25, 0.3) is 0 Å². The van der Waals surface area contributed by atoms with Crippen LogP contribution >= 0.6 is 11.8 Å². The maximum atomic E-state index is 5.30. The van der Waals surface area contributed by atoms with E-state index < -0.39 is 0 Å². The molecular weight excluding hydrogens is 120 g/mol. The maximum Gasteiger partial charge on any atom is 0.121 e. The van der Waals surface area contributed by atoms with Gasteiger partial charge in [-0.3, -0.25) is 0 Å². The molecule has 0 saturated heterocycles. The van der Waals surface area contributed by atoms with E-state index in [9.17, 15) is 0 Å². The highest BCUT2D eigenvalue weighted by molar-refractivity contribution is 7.99. The van der Waals surface area contributed by atoms with E-state index in [2.05, 4.69) is 18.4 Å². The molecule has 2 heteroatoms. The summed E-state index contributed by atoms with van der Waals surface area (Å²) < 4.78 is 5.30. The van der Waals surface area contributed by atoms with Gasteiger partial charge in [-0.05, 0) is 18.8 Å². The van der Waals surface area contributed by atoms with E-state index in [1.54, 1.807) is 11.8 Å². The van der Waals surface area contributed by atoms with Crippen LogP contribution in [0.1, 0.15) is 6.42 Å². The second kappa shape index (κ2) is 3.15. The minimum Gasteiger partial charge on any atom is -0.363 e. The summed E-state index contributed by atoms with van der Waals surface area (Å²) in [4.78, 5) is 0. The lowest BCUT2D eigenvalue weighted by molar-refractivity contribution is 0.136. The monoisotopic (exact) mass is 130 g/mol. The molecule has 0 amide bonds. The predicted octanol–water partition coefficient (Wildman–Crippen LogP) is 1.65. The topological polar surface area (TPSA) is 9.23 Å². The molecule has 0 radical (unpaired) electrons. The summed E-state index contributed by atoms with van der Waals surface area (Å²) in [6.07, 6.45) is 7.41. The van der Waals surface area contributed by atoms with Crippen LogP contribution in [-0.4, -0.2) is 18.3 Å². The largest absolute Gasteiger partial charge is 0.363 e. The fraction of sp³-hybridized carbons (Fsp3) is 0.667. The van der Waals surface area contributed by atoms with Crippen LogP contribution in [0.25, 0.3) is 0 Å². The van der Waals surface area contributed by atoms with E-state index >= 15 is 0 Å². The Bertz CT molecular complexity index is 90.5. The molecule has 1 unspecified atom stereocenters. The Morgan fingerprint density at radius 3 is 3.00 bits per heavy atom. The van der Waals surface area contributed by atoms with Gasteiger partial charge in [0.2, 0.25) is 0 Å². The zero-order valence-corrected chi connectivity index (χ0v) is 5.78. The molecule has 0 bridgehead atoms. The van der Waals surface area contributed by atoms with E-state index in [0.717, 1.165) is 13.0 Å². The summed E-state index contributed by atoms with van der Waals surface area (Å²) in [6.45, 7) is 0.891. The van der Waals surface area contributed by atoms with E-state index in [0.29, 0.717) is 5.44 Å². The van der Waals surface area contributed by atoms with E-state index in [4.69, 9.17) is 4.74 Å². The van der Waals surface area contributed by atoms with E-state index in [-0.39, 0.29) is 0 Å². The summed E-state index contributed by atoms with van der Waals surface area (Å²) >= 11 is 1.74. The van der Waals surface area contributed by atoms with Gasteiger partial charge in [-0.1, -0.05) is 6.08 Å². The standard InChI is InChI=1S/C6H10OS/c1-8-6-4-2-3-5-7-6/h2,4,6H,3,5H2,1H3. The Morgan fingerprint density at radius 1 is 1.75 bits per heavy atom. The summed E-state index contributed by atoms with van der Waals surface area (Å²) in [6, 6.07) is 0. The Labute approximate surface area is 54.1 Å². The quantitative estimate of drug-likeness (QED) is 0.499. The predicted molar refractivity (Wildman–Crippen MR) is 37.0 cm³/mol. The molecule has 0 aromatic carbocycles. The van der Waals surface area contributed by atoms with Crippen molar-refractivity contribution >= 4 is 11.8 Å². The molecule has 1 heterocycles. The highest BCUT2D eigenvalue weighted by atomic mass is 32.2. The van der Waals surface area contributed by atoms with Crippen molar-refractivity contribution in [2.75, 3.05) is 12.9 Å². The second-order valence-electron chi connectivity index (χ2n) is 1.69. The smallest absolute Gasteiger partial charge is 0.121 e. The number of hydrogen-bond donors (Lipinski definition) is 0. The molecule has 1 atom stereocenters. The minimum absolute atomic E-state index is 0.323. The van der Waals surface area contributed by atoms with Gasteiger partial charge in [-0.15, -0.1) is 11.8 Å². The van der Waals surface area contributed by atoms with Crippen molar-refractivity contribution in [1.29, 1.82) is 0 Å². The third kappa shape index (κ3) is 1.53. The van der Waals surface area contributed by atoms with E-state index in [1.807, 2.05) is 0 Å². The van der Waals surface area contributed by atoms with Crippen LogP contribution < -0.4 is 0 Å².